The lowest BCUT2D eigenvalue weighted by atomic mass is 9.89. The second-order valence-electron chi connectivity index (χ2n) is 4.71. The minimum atomic E-state index is 0.0231. The number of aromatic amines is 1. The molecule has 2 aromatic rings. The molecule has 0 radical (unpaired) electrons. The maximum absolute atomic E-state index is 5.44. The van der Waals surface area contributed by atoms with Crippen LogP contribution >= 0.6 is 12.2 Å². The van der Waals surface area contributed by atoms with Crippen molar-refractivity contribution < 1.29 is 0 Å². The first-order valence-electron chi connectivity index (χ1n) is 6.76. The smallest absolute Gasteiger partial charge is 0.195 e. The first kappa shape index (κ1) is 13.9. The molecule has 0 amide bonds. The average molecular weight is 276 g/mol. The molecule has 4 nitrogen and oxygen atoms in total. The highest BCUT2D eigenvalue weighted by molar-refractivity contribution is 7.71. The van der Waals surface area contributed by atoms with Gasteiger partial charge >= 0.3 is 0 Å². The number of nitrogens with one attached hydrogen (secondary N) is 1. The SMILES string of the molecule is CCC(CC)(CC)n1c(-c2cccnc2)n[nH]c1=S. The van der Waals surface area contributed by atoms with Gasteiger partial charge in [0.2, 0.25) is 0 Å². The Kier molecular flexibility index (Phi) is 4.14. The molecule has 102 valence electrons. The lowest BCUT2D eigenvalue weighted by Crippen LogP contribution is -2.32. The Morgan fingerprint density at radius 3 is 2.47 bits per heavy atom. The van der Waals surface area contributed by atoms with E-state index in [4.69, 9.17) is 12.2 Å². The summed E-state index contributed by atoms with van der Waals surface area (Å²) in [6.07, 6.45) is 6.68. The van der Waals surface area contributed by atoms with Crippen LogP contribution in [0.15, 0.2) is 24.5 Å². The van der Waals surface area contributed by atoms with Crippen molar-refractivity contribution in [2.24, 2.45) is 0 Å². The molecular formula is C14H20N4S. The number of pyridine rings is 1. The van der Waals surface area contributed by atoms with Gasteiger partial charge in [-0.15, -0.1) is 0 Å². The molecule has 0 spiro atoms. The predicted molar refractivity (Wildman–Crippen MR) is 79.5 cm³/mol. The zero-order valence-electron chi connectivity index (χ0n) is 11.7. The molecule has 2 rings (SSSR count). The van der Waals surface area contributed by atoms with E-state index in [2.05, 4.69) is 40.5 Å². The van der Waals surface area contributed by atoms with Crippen LogP contribution in [0.25, 0.3) is 11.4 Å². The Labute approximate surface area is 118 Å². The Morgan fingerprint density at radius 1 is 1.26 bits per heavy atom. The Morgan fingerprint density at radius 2 is 1.95 bits per heavy atom. The van der Waals surface area contributed by atoms with Crippen LogP contribution in [0.2, 0.25) is 0 Å². The van der Waals surface area contributed by atoms with E-state index >= 15 is 0 Å². The van der Waals surface area contributed by atoms with Crippen molar-refractivity contribution in [3.63, 3.8) is 0 Å². The summed E-state index contributed by atoms with van der Waals surface area (Å²) in [5.74, 6) is 0.878. The summed E-state index contributed by atoms with van der Waals surface area (Å²) in [6, 6.07) is 3.93. The Balaban J connectivity index is 2.65. The molecule has 0 fully saturated rings. The molecule has 0 unspecified atom stereocenters. The molecule has 0 atom stereocenters. The van der Waals surface area contributed by atoms with Crippen LogP contribution in [0.4, 0.5) is 0 Å². The maximum Gasteiger partial charge on any atom is 0.195 e. The normalized spacial score (nSPS) is 11.7. The molecule has 0 aliphatic carbocycles. The fourth-order valence-electron chi connectivity index (χ4n) is 2.65. The fraction of sp³-hybridized carbons (Fsp3) is 0.500. The molecule has 1 N–H and O–H groups in total. The second kappa shape index (κ2) is 5.65. The molecule has 2 heterocycles. The van der Waals surface area contributed by atoms with E-state index in [-0.39, 0.29) is 5.54 Å². The number of hydrogen-bond acceptors (Lipinski definition) is 3. The minimum absolute atomic E-state index is 0.0231. The van der Waals surface area contributed by atoms with Crippen molar-refractivity contribution in [3.05, 3.63) is 29.3 Å². The third kappa shape index (κ3) is 2.34. The lowest BCUT2D eigenvalue weighted by Gasteiger charge is -2.33. The minimum Gasteiger partial charge on any atom is -0.294 e. The van der Waals surface area contributed by atoms with Gasteiger partial charge in [-0.3, -0.25) is 14.6 Å². The van der Waals surface area contributed by atoms with Crippen molar-refractivity contribution in [3.8, 4) is 11.4 Å². The highest BCUT2D eigenvalue weighted by atomic mass is 32.1. The van der Waals surface area contributed by atoms with Crippen LogP contribution in [0.5, 0.6) is 0 Å². The molecule has 0 bridgehead atoms. The third-order valence-electron chi connectivity index (χ3n) is 4.04. The highest BCUT2D eigenvalue weighted by Gasteiger charge is 2.30. The standard InChI is InChI=1S/C14H20N4S/c1-4-14(5-2,6-3)18-12(16-17-13(18)19)11-8-7-9-15-10-11/h7-10H,4-6H2,1-3H3,(H,17,19). The van der Waals surface area contributed by atoms with Crippen LogP contribution in [0.3, 0.4) is 0 Å². The Bertz CT molecular complexity index is 573. The van der Waals surface area contributed by atoms with E-state index in [0.717, 1.165) is 30.7 Å². The van der Waals surface area contributed by atoms with Gasteiger partial charge in [-0.1, -0.05) is 20.8 Å². The summed E-state index contributed by atoms with van der Waals surface area (Å²) >= 11 is 5.44. The van der Waals surface area contributed by atoms with Crippen molar-refractivity contribution >= 4 is 12.2 Å². The van der Waals surface area contributed by atoms with Crippen LogP contribution < -0.4 is 0 Å². The summed E-state index contributed by atoms with van der Waals surface area (Å²) < 4.78 is 2.85. The first-order valence-corrected chi connectivity index (χ1v) is 7.17. The van der Waals surface area contributed by atoms with Gasteiger partial charge in [0.25, 0.3) is 0 Å². The monoisotopic (exact) mass is 276 g/mol. The summed E-state index contributed by atoms with van der Waals surface area (Å²) in [4.78, 5) is 4.17. The van der Waals surface area contributed by atoms with Gasteiger partial charge in [0.15, 0.2) is 10.6 Å². The Hall–Kier alpha value is -1.49. The summed E-state index contributed by atoms with van der Waals surface area (Å²) in [5.41, 5.74) is 1.02. The molecule has 5 heteroatoms. The van der Waals surface area contributed by atoms with Crippen molar-refractivity contribution in [2.75, 3.05) is 0 Å². The lowest BCUT2D eigenvalue weighted by molar-refractivity contribution is 0.250. The molecule has 2 aromatic heterocycles. The summed E-state index contributed by atoms with van der Waals surface area (Å²) in [5, 5.41) is 7.33. The zero-order chi connectivity index (χ0) is 13.9. The third-order valence-corrected chi connectivity index (χ3v) is 4.31. The van der Waals surface area contributed by atoms with Crippen LogP contribution in [-0.4, -0.2) is 19.7 Å². The van der Waals surface area contributed by atoms with E-state index in [1.165, 1.54) is 0 Å². The van der Waals surface area contributed by atoms with Gasteiger partial charge in [0.05, 0.1) is 0 Å². The van der Waals surface area contributed by atoms with Gasteiger partial charge < -0.3 is 0 Å². The molecule has 19 heavy (non-hydrogen) atoms. The number of nitrogens with zero attached hydrogens (tertiary/aromatic N) is 3. The highest BCUT2D eigenvalue weighted by Crippen LogP contribution is 2.33. The predicted octanol–water partition coefficient (Wildman–Crippen LogP) is 3.93. The van der Waals surface area contributed by atoms with E-state index in [1.54, 1.807) is 6.20 Å². The van der Waals surface area contributed by atoms with Gasteiger partial charge in [-0.25, -0.2) is 0 Å². The molecule has 0 aromatic carbocycles. The number of hydrogen-bond donors (Lipinski definition) is 1. The van der Waals surface area contributed by atoms with Crippen molar-refractivity contribution in [1.29, 1.82) is 0 Å². The van der Waals surface area contributed by atoms with Gasteiger partial charge in [0.1, 0.15) is 0 Å². The molecule has 0 saturated carbocycles. The number of aromatic nitrogens is 4. The fourth-order valence-corrected chi connectivity index (χ4v) is 2.98. The molecule has 0 aliphatic rings. The largest absolute Gasteiger partial charge is 0.294 e. The van der Waals surface area contributed by atoms with E-state index in [1.807, 2.05) is 18.3 Å². The number of H-pyrrole nitrogens is 1. The van der Waals surface area contributed by atoms with E-state index in [0.29, 0.717) is 4.77 Å². The quantitative estimate of drug-likeness (QED) is 0.842. The van der Waals surface area contributed by atoms with Crippen molar-refractivity contribution in [1.82, 2.24) is 19.7 Å². The summed E-state index contributed by atoms with van der Waals surface area (Å²) in [6.45, 7) is 6.61. The van der Waals surface area contributed by atoms with Crippen LogP contribution in [0, 0.1) is 4.77 Å². The summed E-state index contributed by atoms with van der Waals surface area (Å²) in [7, 11) is 0. The van der Waals surface area contributed by atoms with Gasteiger partial charge in [-0.05, 0) is 43.6 Å². The topological polar surface area (TPSA) is 46.5 Å². The maximum atomic E-state index is 5.44. The first-order chi connectivity index (χ1) is 9.18. The van der Waals surface area contributed by atoms with Crippen molar-refractivity contribution in [2.45, 2.75) is 45.6 Å². The van der Waals surface area contributed by atoms with Gasteiger partial charge in [-0.2, -0.15) is 5.10 Å². The van der Waals surface area contributed by atoms with E-state index < -0.39 is 0 Å². The number of rotatable bonds is 5. The van der Waals surface area contributed by atoms with E-state index in [9.17, 15) is 0 Å². The molecular weight excluding hydrogens is 256 g/mol. The molecule has 0 aliphatic heterocycles. The second-order valence-corrected chi connectivity index (χ2v) is 5.10. The van der Waals surface area contributed by atoms with Crippen LogP contribution in [0.1, 0.15) is 40.0 Å². The molecule has 0 saturated heterocycles. The average Bonchev–Trinajstić information content (AvgIpc) is 2.85. The zero-order valence-corrected chi connectivity index (χ0v) is 12.5. The van der Waals surface area contributed by atoms with Crippen LogP contribution in [-0.2, 0) is 5.54 Å². The van der Waals surface area contributed by atoms with Gasteiger partial charge in [0, 0.05) is 23.5 Å².